The van der Waals surface area contributed by atoms with Gasteiger partial charge in [-0.2, -0.15) is 0 Å². The van der Waals surface area contributed by atoms with Crippen molar-refractivity contribution in [1.82, 2.24) is 10.6 Å². The predicted octanol–water partition coefficient (Wildman–Crippen LogP) is 3.10. The van der Waals surface area contributed by atoms with Crippen LogP contribution in [-0.4, -0.2) is 35.6 Å². The van der Waals surface area contributed by atoms with E-state index in [0.717, 1.165) is 17.9 Å². The zero-order valence-electron chi connectivity index (χ0n) is 15.1. The molecule has 1 heterocycles. The average Bonchev–Trinajstić information content (AvgIpc) is 2.99. The SMILES string of the molecule is CN=C(NCCS(=O)Cc1ccccc1)NC(C)Cc1ccc(C)s1. The number of hydrogen-bond donors (Lipinski definition) is 2. The van der Waals surface area contributed by atoms with Gasteiger partial charge in [0.1, 0.15) is 0 Å². The number of benzene rings is 1. The van der Waals surface area contributed by atoms with E-state index in [-0.39, 0.29) is 0 Å². The van der Waals surface area contributed by atoms with Crippen molar-refractivity contribution in [2.24, 2.45) is 4.99 Å². The number of aryl methyl sites for hydroxylation is 1. The summed E-state index contributed by atoms with van der Waals surface area (Å²) in [7, 11) is 0.888. The molecule has 25 heavy (non-hydrogen) atoms. The zero-order valence-corrected chi connectivity index (χ0v) is 16.8. The normalized spacial score (nSPS) is 14.1. The molecule has 2 rings (SSSR count). The van der Waals surface area contributed by atoms with Crippen LogP contribution in [0.25, 0.3) is 0 Å². The molecule has 0 aliphatic heterocycles. The van der Waals surface area contributed by atoms with Gasteiger partial charge < -0.3 is 10.6 Å². The minimum absolute atomic E-state index is 0.291. The first kappa shape index (κ1) is 19.7. The standard InChI is InChI=1S/C19H27N3OS2/c1-15(13-18-10-9-16(2)24-18)22-19(20-3)21-11-12-25(23)14-17-7-5-4-6-8-17/h4-10,15H,11-14H2,1-3H3,(H2,20,21,22). The number of hydrogen-bond acceptors (Lipinski definition) is 3. The number of guanidine groups is 1. The molecule has 1 aromatic heterocycles. The van der Waals surface area contributed by atoms with Gasteiger partial charge in [0.15, 0.2) is 5.96 Å². The van der Waals surface area contributed by atoms with Crippen LogP contribution in [-0.2, 0) is 23.0 Å². The second kappa shape index (κ2) is 10.4. The summed E-state index contributed by atoms with van der Waals surface area (Å²) < 4.78 is 12.2. The summed E-state index contributed by atoms with van der Waals surface area (Å²) >= 11 is 1.83. The molecule has 6 heteroatoms. The molecule has 2 unspecified atom stereocenters. The lowest BCUT2D eigenvalue weighted by molar-refractivity contribution is 0.647. The summed E-state index contributed by atoms with van der Waals surface area (Å²) in [6, 6.07) is 14.6. The van der Waals surface area contributed by atoms with Crippen molar-refractivity contribution in [2.75, 3.05) is 19.3 Å². The van der Waals surface area contributed by atoms with Crippen LogP contribution in [0.1, 0.15) is 22.2 Å². The van der Waals surface area contributed by atoms with E-state index in [4.69, 9.17) is 0 Å². The van der Waals surface area contributed by atoms with E-state index in [2.05, 4.69) is 41.6 Å². The average molecular weight is 378 g/mol. The number of nitrogens with zero attached hydrogens (tertiary/aromatic N) is 1. The van der Waals surface area contributed by atoms with Gasteiger partial charge in [-0.1, -0.05) is 30.3 Å². The van der Waals surface area contributed by atoms with E-state index in [1.54, 1.807) is 7.05 Å². The summed E-state index contributed by atoms with van der Waals surface area (Å²) in [5.74, 6) is 1.97. The summed E-state index contributed by atoms with van der Waals surface area (Å²) in [4.78, 5) is 6.97. The van der Waals surface area contributed by atoms with Crippen molar-refractivity contribution in [1.29, 1.82) is 0 Å². The van der Waals surface area contributed by atoms with E-state index in [9.17, 15) is 4.21 Å². The highest BCUT2D eigenvalue weighted by Crippen LogP contribution is 2.16. The van der Waals surface area contributed by atoms with Crippen molar-refractivity contribution in [3.05, 3.63) is 57.8 Å². The highest BCUT2D eigenvalue weighted by Gasteiger charge is 2.08. The summed E-state index contributed by atoms with van der Waals surface area (Å²) in [6.45, 7) is 4.92. The number of nitrogens with one attached hydrogen (secondary N) is 2. The largest absolute Gasteiger partial charge is 0.355 e. The second-order valence-electron chi connectivity index (χ2n) is 6.03. The molecule has 0 bridgehead atoms. The Morgan fingerprint density at radius 1 is 1.24 bits per heavy atom. The first-order valence-electron chi connectivity index (χ1n) is 8.48. The van der Waals surface area contributed by atoms with Crippen LogP contribution in [0.5, 0.6) is 0 Å². The summed E-state index contributed by atoms with van der Waals surface area (Å²) in [6.07, 6.45) is 0.971. The van der Waals surface area contributed by atoms with Crippen LogP contribution in [0.15, 0.2) is 47.5 Å². The van der Waals surface area contributed by atoms with Gasteiger partial charge >= 0.3 is 0 Å². The molecule has 2 aromatic rings. The lowest BCUT2D eigenvalue weighted by Crippen LogP contribution is -2.44. The minimum atomic E-state index is -0.874. The Morgan fingerprint density at radius 2 is 2.00 bits per heavy atom. The fourth-order valence-corrected chi connectivity index (χ4v) is 4.55. The molecular formula is C19H27N3OS2. The van der Waals surface area contributed by atoms with Crippen LogP contribution in [0, 0.1) is 6.92 Å². The molecule has 4 nitrogen and oxygen atoms in total. The number of aliphatic imine (C=N–C) groups is 1. The number of thiophene rings is 1. The van der Waals surface area contributed by atoms with Gasteiger partial charge in [-0.15, -0.1) is 11.3 Å². The second-order valence-corrected chi connectivity index (χ2v) is 8.98. The van der Waals surface area contributed by atoms with Crippen LogP contribution in [0.2, 0.25) is 0 Å². The van der Waals surface area contributed by atoms with Gasteiger partial charge in [0, 0.05) is 58.1 Å². The minimum Gasteiger partial charge on any atom is -0.355 e. The Morgan fingerprint density at radius 3 is 2.64 bits per heavy atom. The first-order chi connectivity index (χ1) is 12.1. The third-order valence-corrected chi connectivity index (χ3v) is 6.04. The third-order valence-electron chi connectivity index (χ3n) is 3.70. The molecule has 136 valence electrons. The maximum Gasteiger partial charge on any atom is 0.191 e. The van der Waals surface area contributed by atoms with E-state index < -0.39 is 10.8 Å². The van der Waals surface area contributed by atoms with Gasteiger partial charge in [0.2, 0.25) is 0 Å². The molecule has 2 atom stereocenters. The third kappa shape index (κ3) is 7.40. The van der Waals surface area contributed by atoms with Crippen molar-refractivity contribution in [3.63, 3.8) is 0 Å². The Hall–Kier alpha value is -1.66. The molecule has 1 aromatic carbocycles. The number of rotatable bonds is 8. The van der Waals surface area contributed by atoms with Crippen LogP contribution in [0.4, 0.5) is 0 Å². The predicted molar refractivity (Wildman–Crippen MR) is 110 cm³/mol. The van der Waals surface area contributed by atoms with Crippen molar-refractivity contribution < 1.29 is 4.21 Å². The monoisotopic (exact) mass is 377 g/mol. The Bertz CT molecular complexity index is 698. The molecule has 0 saturated carbocycles. The molecular weight excluding hydrogens is 350 g/mol. The topological polar surface area (TPSA) is 53.5 Å². The van der Waals surface area contributed by atoms with Gasteiger partial charge in [-0.25, -0.2) is 0 Å². The summed E-state index contributed by atoms with van der Waals surface area (Å²) in [5, 5.41) is 6.65. The lowest BCUT2D eigenvalue weighted by Gasteiger charge is -2.17. The van der Waals surface area contributed by atoms with Gasteiger partial charge in [-0.05, 0) is 31.5 Å². The quantitative estimate of drug-likeness (QED) is 0.549. The Kier molecular flexibility index (Phi) is 8.15. The van der Waals surface area contributed by atoms with Crippen LogP contribution >= 0.6 is 11.3 Å². The van der Waals surface area contributed by atoms with E-state index in [0.29, 0.717) is 24.1 Å². The fourth-order valence-electron chi connectivity index (χ4n) is 2.49. The highest BCUT2D eigenvalue weighted by atomic mass is 32.2. The maximum absolute atomic E-state index is 12.2. The van der Waals surface area contributed by atoms with E-state index in [1.165, 1.54) is 9.75 Å². The molecule has 2 N–H and O–H groups in total. The van der Waals surface area contributed by atoms with Crippen LogP contribution in [0.3, 0.4) is 0 Å². The summed E-state index contributed by atoms with van der Waals surface area (Å²) in [5.41, 5.74) is 1.11. The molecule has 0 saturated heterocycles. The van der Waals surface area contributed by atoms with Gasteiger partial charge in [-0.3, -0.25) is 9.20 Å². The highest BCUT2D eigenvalue weighted by molar-refractivity contribution is 7.84. The van der Waals surface area contributed by atoms with Crippen molar-refractivity contribution in [3.8, 4) is 0 Å². The van der Waals surface area contributed by atoms with Crippen molar-refractivity contribution in [2.45, 2.75) is 32.1 Å². The maximum atomic E-state index is 12.2. The van der Waals surface area contributed by atoms with Crippen molar-refractivity contribution >= 4 is 28.1 Å². The Labute approximate surface area is 157 Å². The fraction of sp³-hybridized carbons (Fsp3) is 0.421. The first-order valence-corrected chi connectivity index (χ1v) is 10.8. The Balaban J connectivity index is 1.70. The lowest BCUT2D eigenvalue weighted by atomic mass is 10.2. The molecule has 0 aliphatic rings. The molecule has 0 fully saturated rings. The van der Waals surface area contributed by atoms with Crippen LogP contribution < -0.4 is 10.6 Å². The van der Waals surface area contributed by atoms with E-state index in [1.807, 2.05) is 41.7 Å². The molecule has 0 spiro atoms. The van der Waals surface area contributed by atoms with E-state index >= 15 is 0 Å². The van der Waals surface area contributed by atoms with Gasteiger partial charge in [0.25, 0.3) is 0 Å². The van der Waals surface area contributed by atoms with Gasteiger partial charge in [0.05, 0.1) is 0 Å². The zero-order chi connectivity index (χ0) is 18.1. The molecule has 0 radical (unpaired) electrons. The molecule has 0 amide bonds. The molecule has 0 aliphatic carbocycles. The smallest absolute Gasteiger partial charge is 0.191 e.